The number of aromatic nitrogens is 4. The number of hydrogen-bond acceptors (Lipinski definition) is 7. The van der Waals surface area contributed by atoms with Gasteiger partial charge in [0.05, 0.1) is 15.7 Å². The largest absolute Gasteiger partial charge is 0.477 e. The maximum absolute atomic E-state index is 12.2. The summed E-state index contributed by atoms with van der Waals surface area (Å²) in [6.07, 6.45) is 1.33. The van der Waals surface area contributed by atoms with Crippen LogP contribution in [0.1, 0.15) is 9.67 Å². The van der Waals surface area contributed by atoms with Crippen LogP contribution < -0.4 is 11.2 Å². The molecule has 1 N–H and O–H groups in total. The van der Waals surface area contributed by atoms with Gasteiger partial charge in [0, 0.05) is 20.4 Å². The number of aryl methyl sites for hydroxylation is 1. The van der Waals surface area contributed by atoms with E-state index in [-0.39, 0.29) is 31.3 Å². The van der Waals surface area contributed by atoms with Crippen molar-refractivity contribution in [1.29, 1.82) is 0 Å². The van der Waals surface area contributed by atoms with E-state index in [4.69, 9.17) is 0 Å². The molecule has 9 nitrogen and oxygen atoms in total. The fourth-order valence-electron chi connectivity index (χ4n) is 2.23. The molecule has 0 spiro atoms. The predicted octanol–water partition coefficient (Wildman–Crippen LogP) is -0.322. The summed E-state index contributed by atoms with van der Waals surface area (Å²) in [7, 11) is 1.13. The van der Waals surface area contributed by atoms with Gasteiger partial charge in [-0.25, -0.2) is 19.6 Å². The van der Waals surface area contributed by atoms with E-state index in [2.05, 4.69) is 9.97 Å². The average molecular weight is 354 g/mol. The maximum atomic E-state index is 12.2. The highest BCUT2D eigenvalue weighted by Gasteiger charge is 2.24. The van der Waals surface area contributed by atoms with Crippen molar-refractivity contribution in [2.24, 2.45) is 14.1 Å². The Morgan fingerprint density at radius 2 is 1.83 bits per heavy atom. The molecule has 0 amide bonds. The Bertz CT molecular complexity index is 1140. The van der Waals surface area contributed by atoms with Crippen LogP contribution in [0, 0.1) is 0 Å². The zero-order chi connectivity index (χ0) is 17.0. The maximum Gasteiger partial charge on any atom is 0.347 e. The molecule has 11 heteroatoms. The number of carbonyl (C=O) groups is 1. The van der Waals surface area contributed by atoms with E-state index in [1.165, 1.54) is 20.4 Å². The molecule has 0 bridgehead atoms. The van der Waals surface area contributed by atoms with Crippen LogP contribution in [-0.4, -0.2) is 40.6 Å². The topological polar surface area (TPSA) is 124 Å². The van der Waals surface area contributed by atoms with Gasteiger partial charge in [-0.15, -0.1) is 11.3 Å². The first-order chi connectivity index (χ1) is 10.7. The summed E-state index contributed by atoms with van der Waals surface area (Å²) in [6, 6.07) is 0. The van der Waals surface area contributed by atoms with Crippen LogP contribution >= 0.6 is 11.3 Å². The van der Waals surface area contributed by atoms with Crippen molar-refractivity contribution in [3.8, 4) is 0 Å². The van der Waals surface area contributed by atoms with Crippen LogP contribution in [-0.2, 0) is 24.9 Å². The number of carboxylic acid groups (broad SMARTS) is 1. The third-order valence-electron chi connectivity index (χ3n) is 3.35. The van der Waals surface area contributed by atoms with Crippen molar-refractivity contribution in [3.05, 3.63) is 25.7 Å². The second kappa shape index (κ2) is 5.06. The third-order valence-corrected chi connectivity index (χ3v) is 5.51. The molecule has 3 aromatic rings. The van der Waals surface area contributed by atoms with Crippen LogP contribution in [0.2, 0.25) is 0 Å². The zero-order valence-corrected chi connectivity index (χ0v) is 13.8. The van der Waals surface area contributed by atoms with Gasteiger partial charge >= 0.3 is 11.7 Å². The molecule has 0 aromatic carbocycles. The van der Waals surface area contributed by atoms with Crippen LogP contribution in [0.25, 0.3) is 21.5 Å². The van der Waals surface area contributed by atoms with E-state index in [9.17, 15) is 23.7 Å². The van der Waals surface area contributed by atoms with Gasteiger partial charge < -0.3 is 5.11 Å². The Balaban J connectivity index is 2.61. The fourth-order valence-corrected chi connectivity index (χ4v) is 4.38. The normalized spacial score (nSPS) is 12.8. The molecule has 0 aliphatic carbocycles. The lowest BCUT2D eigenvalue weighted by Gasteiger charge is -2.05. The van der Waals surface area contributed by atoms with Crippen LogP contribution in [0.4, 0.5) is 0 Å². The number of aromatic carboxylic acids is 1. The number of fused-ring (bicyclic) bond motifs is 2. The van der Waals surface area contributed by atoms with E-state index in [0.29, 0.717) is 0 Å². The number of carboxylic acids is 1. The summed E-state index contributed by atoms with van der Waals surface area (Å²) in [6.45, 7) is 0. The Labute approximate surface area is 134 Å². The van der Waals surface area contributed by atoms with Crippen molar-refractivity contribution < 1.29 is 14.1 Å². The SMILES string of the molecule is Cn1c(=O)c2nc3c(S(C)=O)c(C(=O)O)sc3nc2n(C)c1=O. The summed E-state index contributed by atoms with van der Waals surface area (Å²) < 4.78 is 13.9. The minimum Gasteiger partial charge on any atom is -0.477 e. The van der Waals surface area contributed by atoms with Gasteiger partial charge in [-0.2, -0.15) is 0 Å². The van der Waals surface area contributed by atoms with Gasteiger partial charge in [-0.1, -0.05) is 0 Å². The molecule has 3 heterocycles. The lowest BCUT2D eigenvalue weighted by molar-refractivity contribution is 0.0698. The highest BCUT2D eigenvalue weighted by molar-refractivity contribution is 7.84. The average Bonchev–Trinajstić information content (AvgIpc) is 2.88. The van der Waals surface area contributed by atoms with Crippen LogP contribution in [0.3, 0.4) is 0 Å². The first kappa shape index (κ1) is 15.5. The van der Waals surface area contributed by atoms with Crippen molar-refractivity contribution in [2.45, 2.75) is 4.90 Å². The summed E-state index contributed by atoms with van der Waals surface area (Å²) in [5, 5.41) is 9.25. The molecule has 0 aliphatic rings. The first-order valence-electron chi connectivity index (χ1n) is 6.21. The Hall–Kier alpha value is -2.40. The van der Waals surface area contributed by atoms with Crippen molar-refractivity contribution in [1.82, 2.24) is 19.1 Å². The summed E-state index contributed by atoms with van der Waals surface area (Å²) in [4.78, 5) is 44.0. The van der Waals surface area contributed by atoms with E-state index in [1.54, 1.807) is 0 Å². The summed E-state index contributed by atoms with van der Waals surface area (Å²) >= 11 is 0.809. The molecule has 0 radical (unpaired) electrons. The number of hydrogen-bond donors (Lipinski definition) is 1. The second-order valence-electron chi connectivity index (χ2n) is 4.77. The van der Waals surface area contributed by atoms with Gasteiger partial charge in [0.2, 0.25) is 0 Å². The fraction of sp³-hybridized carbons (Fsp3) is 0.250. The Morgan fingerprint density at radius 1 is 1.17 bits per heavy atom. The summed E-state index contributed by atoms with van der Waals surface area (Å²) in [5.41, 5.74) is -1.13. The van der Waals surface area contributed by atoms with E-state index < -0.39 is 28.0 Å². The van der Waals surface area contributed by atoms with Gasteiger partial charge in [0.15, 0.2) is 11.2 Å². The Morgan fingerprint density at radius 3 is 2.39 bits per heavy atom. The van der Waals surface area contributed by atoms with E-state index in [1.807, 2.05) is 0 Å². The molecule has 3 rings (SSSR count). The highest BCUT2D eigenvalue weighted by atomic mass is 32.2. The number of thiophene rings is 1. The van der Waals surface area contributed by atoms with Gasteiger partial charge in [0.1, 0.15) is 15.2 Å². The van der Waals surface area contributed by atoms with Crippen molar-refractivity contribution >= 4 is 49.6 Å². The molecule has 1 atom stereocenters. The molecule has 3 aromatic heterocycles. The second-order valence-corrected chi connectivity index (χ2v) is 7.09. The zero-order valence-electron chi connectivity index (χ0n) is 12.2. The summed E-state index contributed by atoms with van der Waals surface area (Å²) in [5.74, 6) is -1.24. The predicted molar refractivity (Wildman–Crippen MR) is 84.7 cm³/mol. The lowest BCUT2D eigenvalue weighted by atomic mass is 10.4. The Kier molecular flexibility index (Phi) is 3.41. The highest BCUT2D eigenvalue weighted by Crippen LogP contribution is 2.31. The molecular formula is C12H10N4O5S2. The molecule has 0 saturated carbocycles. The number of nitrogens with zero attached hydrogens (tertiary/aromatic N) is 4. The van der Waals surface area contributed by atoms with E-state index >= 15 is 0 Å². The first-order valence-corrected chi connectivity index (χ1v) is 8.58. The van der Waals surface area contributed by atoms with Crippen molar-refractivity contribution in [2.75, 3.05) is 6.26 Å². The molecule has 1 unspecified atom stereocenters. The minimum atomic E-state index is -1.62. The molecule has 23 heavy (non-hydrogen) atoms. The molecule has 0 fully saturated rings. The van der Waals surface area contributed by atoms with Gasteiger partial charge in [0.25, 0.3) is 5.56 Å². The van der Waals surface area contributed by atoms with Crippen LogP contribution in [0.5, 0.6) is 0 Å². The molecule has 0 saturated heterocycles. The van der Waals surface area contributed by atoms with Crippen LogP contribution in [0.15, 0.2) is 14.5 Å². The quantitative estimate of drug-likeness (QED) is 0.668. The minimum absolute atomic E-state index is 0.0304. The monoisotopic (exact) mass is 354 g/mol. The molecule has 0 aliphatic heterocycles. The van der Waals surface area contributed by atoms with Gasteiger partial charge in [-0.05, 0) is 0 Å². The third kappa shape index (κ3) is 2.11. The molecular weight excluding hydrogens is 344 g/mol. The smallest absolute Gasteiger partial charge is 0.347 e. The van der Waals surface area contributed by atoms with E-state index in [0.717, 1.165) is 20.5 Å². The van der Waals surface area contributed by atoms with Crippen molar-refractivity contribution in [3.63, 3.8) is 0 Å². The standard InChI is InChI=1S/C12H10N4O5S2/c1-15-8-5(10(17)16(2)12(15)20)13-4-7(23(3)21)6(11(18)19)22-9(4)14-8/h1-3H3,(H,18,19). The molecule has 120 valence electrons. The van der Waals surface area contributed by atoms with Gasteiger partial charge in [-0.3, -0.25) is 18.1 Å². The lowest BCUT2D eigenvalue weighted by Crippen LogP contribution is -2.37. The number of rotatable bonds is 2.